The van der Waals surface area contributed by atoms with Crippen molar-refractivity contribution in [3.8, 4) is 5.69 Å². The molecule has 0 atom stereocenters. The van der Waals surface area contributed by atoms with Gasteiger partial charge in [0.2, 0.25) is 5.91 Å². The first-order valence-electron chi connectivity index (χ1n) is 11.1. The minimum atomic E-state index is -0.0706. The number of thiophene rings is 1. The molecule has 0 unspecified atom stereocenters. The molecule has 170 valence electrons. The fourth-order valence-corrected chi connectivity index (χ4v) is 6.25. The summed E-state index contributed by atoms with van der Waals surface area (Å²) in [7, 11) is 1.65. The van der Waals surface area contributed by atoms with Gasteiger partial charge in [-0.3, -0.25) is 14.2 Å². The number of amides is 1. The molecule has 1 aliphatic carbocycles. The largest absolute Gasteiger partial charge is 0.385 e. The number of ether oxygens (including phenoxy) is 1. The Bertz CT molecular complexity index is 1170. The first-order valence-corrected chi connectivity index (χ1v) is 12.9. The summed E-state index contributed by atoms with van der Waals surface area (Å²) >= 11 is 2.97. The van der Waals surface area contributed by atoms with Crippen LogP contribution in [0.3, 0.4) is 0 Å². The third-order valence-electron chi connectivity index (χ3n) is 5.74. The standard InChI is InChI=1S/C24H29N3O3S2/c1-16-9-6-7-11-18(16)27-23(29)21-17-10-4-3-5-12-19(17)32-22(21)26-24(27)31-15-20(28)25-13-8-14-30-2/h6-7,9,11H,3-5,8,10,12-15H2,1-2H3,(H,25,28). The van der Waals surface area contributed by atoms with E-state index >= 15 is 0 Å². The van der Waals surface area contributed by atoms with Crippen LogP contribution in [0.5, 0.6) is 0 Å². The van der Waals surface area contributed by atoms with Crippen molar-refractivity contribution < 1.29 is 9.53 Å². The lowest BCUT2D eigenvalue weighted by molar-refractivity contribution is -0.118. The normalized spacial score (nSPS) is 13.7. The summed E-state index contributed by atoms with van der Waals surface area (Å²) in [4.78, 5) is 33.2. The number of para-hydroxylation sites is 1. The zero-order chi connectivity index (χ0) is 22.5. The first kappa shape index (κ1) is 23.0. The molecule has 32 heavy (non-hydrogen) atoms. The lowest BCUT2D eigenvalue weighted by Gasteiger charge is -2.14. The molecule has 1 N–H and O–H groups in total. The zero-order valence-electron chi connectivity index (χ0n) is 18.6. The molecular formula is C24H29N3O3S2. The highest BCUT2D eigenvalue weighted by atomic mass is 32.2. The summed E-state index contributed by atoms with van der Waals surface area (Å²) in [6.07, 6.45) is 6.21. The lowest BCUT2D eigenvalue weighted by atomic mass is 10.1. The fourth-order valence-electron chi connectivity index (χ4n) is 4.11. The summed E-state index contributed by atoms with van der Waals surface area (Å²) in [5.74, 6) is 0.140. The van der Waals surface area contributed by atoms with E-state index in [1.54, 1.807) is 23.0 Å². The van der Waals surface area contributed by atoms with Gasteiger partial charge in [0, 0.05) is 25.1 Å². The van der Waals surface area contributed by atoms with Gasteiger partial charge < -0.3 is 10.1 Å². The maximum absolute atomic E-state index is 13.8. The number of aryl methyl sites for hydroxylation is 3. The van der Waals surface area contributed by atoms with Crippen molar-refractivity contribution in [3.05, 3.63) is 50.6 Å². The Labute approximate surface area is 196 Å². The van der Waals surface area contributed by atoms with Crippen LogP contribution in [0.4, 0.5) is 0 Å². The maximum atomic E-state index is 13.8. The van der Waals surface area contributed by atoms with Gasteiger partial charge in [0.15, 0.2) is 5.16 Å². The Hall–Kier alpha value is -2.16. The molecule has 1 aromatic carbocycles. The molecule has 0 saturated heterocycles. The Morgan fingerprint density at radius 1 is 1.25 bits per heavy atom. The number of nitrogens with zero attached hydrogens (tertiary/aromatic N) is 2. The van der Waals surface area contributed by atoms with Crippen LogP contribution < -0.4 is 10.9 Å². The third-order valence-corrected chi connectivity index (χ3v) is 7.87. The Morgan fingerprint density at radius 3 is 2.88 bits per heavy atom. The van der Waals surface area contributed by atoms with E-state index in [1.807, 2.05) is 31.2 Å². The van der Waals surface area contributed by atoms with Crippen molar-refractivity contribution >= 4 is 39.2 Å². The zero-order valence-corrected chi connectivity index (χ0v) is 20.2. The molecule has 1 aliphatic rings. The second kappa shape index (κ2) is 10.6. The molecule has 6 nitrogen and oxygen atoms in total. The molecule has 2 heterocycles. The Balaban J connectivity index is 1.72. The van der Waals surface area contributed by atoms with Crippen molar-refractivity contribution in [2.45, 2.75) is 50.6 Å². The second-order valence-electron chi connectivity index (χ2n) is 8.05. The SMILES string of the molecule is COCCCNC(=O)CSc1nc2sc3c(c2c(=O)n1-c1ccccc1C)CCCCC3. The Morgan fingerprint density at radius 2 is 2.06 bits per heavy atom. The highest BCUT2D eigenvalue weighted by Gasteiger charge is 2.23. The average molecular weight is 472 g/mol. The van der Waals surface area contributed by atoms with E-state index in [0.29, 0.717) is 18.3 Å². The number of fused-ring (bicyclic) bond motifs is 3. The molecule has 8 heteroatoms. The van der Waals surface area contributed by atoms with Gasteiger partial charge in [-0.25, -0.2) is 4.98 Å². The van der Waals surface area contributed by atoms with Gasteiger partial charge in [0.05, 0.1) is 16.8 Å². The van der Waals surface area contributed by atoms with E-state index in [2.05, 4.69) is 5.32 Å². The molecule has 0 fully saturated rings. The van der Waals surface area contributed by atoms with Crippen molar-refractivity contribution in [1.29, 1.82) is 0 Å². The molecule has 0 saturated carbocycles. The lowest BCUT2D eigenvalue weighted by Crippen LogP contribution is -2.28. The molecule has 2 aromatic heterocycles. The number of carbonyl (C=O) groups excluding carboxylic acids is 1. The van der Waals surface area contributed by atoms with Crippen molar-refractivity contribution in [2.75, 3.05) is 26.0 Å². The molecule has 0 bridgehead atoms. The fraction of sp³-hybridized carbons (Fsp3) is 0.458. The molecule has 0 aliphatic heterocycles. The van der Waals surface area contributed by atoms with Crippen molar-refractivity contribution in [1.82, 2.24) is 14.9 Å². The first-order chi connectivity index (χ1) is 15.6. The molecule has 3 aromatic rings. The molecule has 0 spiro atoms. The Kier molecular flexibility index (Phi) is 7.65. The number of hydrogen-bond acceptors (Lipinski definition) is 6. The average Bonchev–Trinajstić information content (AvgIpc) is 2.97. The predicted octanol–water partition coefficient (Wildman–Crippen LogP) is 4.27. The van der Waals surface area contributed by atoms with Crippen LogP contribution in [0.1, 0.15) is 41.7 Å². The van der Waals surface area contributed by atoms with Gasteiger partial charge in [-0.15, -0.1) is 11.3 Å². The van der Waals surface area contributed by atoms with Crippen LogP contribution in [-0.2, 0) is 22.4 Å². The van der Waals surface area contributed by atoms with E-state index in [-0.39, 0.29) is 17.2 Å². The number of nitrogens with one attached hydrogen (secondary N) is 1. The van der Waals surface area contributed by atoms with Gasteiger partial charge in [-0.2, -0.15) is 0 Å². The monoisotopic (exact) mass is 471 g/mol. The van der Waals surface area contributed by atoms with Gasteiger partial charge >= 0.3 is 0 Å². The maximum Gasteiger partial charge on any atom is 0.267 e. The van der Waals surface area contributed by atoms with Crippen LogP contribution in [0.2, 0.25) is 0 Å². The number of hydrogen-bond donors (Lipinski definition) is 1. The van der Waals surface area contributed by atoms with Crippen LogP contribution >= 0.6 is 23.1 Å². The van der Waals surface area contributed by atoms with Crippen LogP contribution in [0.25, 0.3) is 15.9 Å². The van der Waals surface area contributed by atoms with Crippen LogP contribution in [0, 0.1) is 6.92 Å². The van der Waals surface area contributed by atoms with E-state index < -0.39 is 0 Å². The van der Waals surface area contributed by atoms with E-state index in [4.69, 9.17) is 9.72 Å². The molecule has 0 radical (unpaired) electrons. The number of thioether (sulfide) groups is 1. The van der Waals surface area contributed by atoms with Gasteiger partial charge in [0.25, 0.3) is 5.56 Å². The topological polar surface area (TPSA) is 73.2 Å². The highest BCUT2D eigenvalue weighted by Crippen LogP contribution is 2.34. The van der Waals surface area contributed by atoms with Gasteiger partial charge in [-0.05, 0) is 56.2 Å². The van der Waals surface area contributed by atoms with Crippen LogP contribution in [-0.4, -0.2) is 41.5 Å². The molecular weight excluding hydrogens is 442 g/mol. The highest BCUT2D eigenvalue weighted by molar-refractivity contribution is 7.99. The van der Waals surface area contributed by atoms with Gasteiger partial charge in [0.1, 0.15) is 4.83 Å². The second-order valence-corrected chi connectivity index (χ2v) is 10.1. The number of carbonyl (C=O) groups is 1. The van der Waals surface area contributed by atoms with E-state index in [0.717, 1.165) is 53.6 Å². The van der Waals surface area contributed by atoms with E-state index in [1.165, 1.54) is 28.6 Å². The van der Waals surface area contributed by atoms with Crippen LogP contribution in [0.15, 0.2) is 34.2 Å². The van der Waals surface area contributed by atoms with E-state index in [9.17, 15) is 9.59 Å². The predicted molar refractivity (Wildman–Crippen MR) is 131 cm³/mol. The summed E-state index contributed by atoms with van der Waals surface area (Å²) in [5.41, 5.74) is 2.99. The number of methoxy groups -OCH3 is 1. The van der Waals surface area contributed by atoms with Gasteiger partial charge in [-0.1, -0.05) is 36.4 Å². The summed E-state index contributed by atoms with van der Waals surface area (Å²) < 4.78 is 6.73. The number of benzene rings is 1. The third kappa shape index (κ3) is 4.92. The van der Waals surface area contributed by atoms with Crippen molar-refractivity contribution in [2.24, 2.45) is 0 Å². The smallest absolute Gasteiger partial charge is 0.267 e. The molecule has 4 rings (SSSR count). The minimum absolute atomic E-state index is 0.0216. The number of rotatable bonds is 8. The number of aromatic nitrogens is 2. The summed E-state index contributed by atoms with van der Waals surface area (Å²) in [6, 6.07) is 7.85. The quantitative estimate of drug-likeness (QED) is 0.230. The summed E-state index contributed by atoms with van der Waals surface area (Å²) in [5, 5.41) is 4.24. The molecule has 1 amide bonds. The minimum Gasteiger partial charge on any atom is -0.385 e. The van der Waals surface area contributed by atoms with Crippen molar-refractivity contribution in [3.63, 3.8) is 0 Å². The summed E-state index contributed by atoms with van der Waals surface area (Å²) in [6.45, 7) is 3.18.